The van der Waals surface area contributed by atoms with Crippen LogP contribution in [0.5, 0.6) is 0 Å². The molecule has 2 N–H and O–H groups in total. The number of hydrogen-bond acceptors (Lipinski definition) is 3. The van der Waals surface area contributed by atoms with Gasteiger partial charge in [0.2, 0.25) is 0 Å². The molecular formula is C13H16ClN3O2. The van der Waals surface area contributed by atoms with Crippen LogP contribution >= 0.6 is 11.6 Å². The van der Waals surface area contributed by atoms with Crippen molar-refractivity contribution >= 4 is 34.8 Å². The summed E-state index contributed by atoms with van der Waals surface area (Å²) >= 11 is 5.77. The fourth-order valence-corrected chi connectivity index (χ4v) is 1.53. The molecule has 102 valence electrons. The maximum Gasteiger partial charge on any atom is 0.329 e. The Morgan fingerprint density at radius 3 is 2.47 bits per heavy atom. The Bertz CT molecular complexity index is 494. The van der Waals surface area contributed by atoms with Gasteiger partial charge in [-0.15, -0.1) is 0 Å². The highest BCUT2D eigenvalue weighted by atomic mass is 35.5. The molecule has 0 spiro atoms. The van der Waals surface area contributed by atoms with E-state index in [2.05, 4.69) is 15.8 Å². The Balaban J connectivity index is 2.59. The van der Waals surface area contributed by atoms with Gasteiger partial charge in [-0.2, -0.15) is 5.10 Å². The minimum Gasteiger partial charge on any atom is -0.318 e. The third-order valence-electron chi connectivity index (χ3n) is 2.42. The molecule has 1 rings (SSSR count). The molecule has 0 fully saturated rings. The lowest BCUT2D eigenvalue weighted by Gasteiger charge is -2.05. The Hall–Kier alpha value is -1.88. The monoisotopic (exact) mass is 281 g/mol. The molecule has 0 unspecified atom stereocenters. The van der Waals surface area contributed by atoms with Crippen molar-refractivity contribution in [3.05, 3.63) is 29.3 Å². The minimum atomic E-state index is -0.806. The van der Waals surface area contributed by atoms with Gasteiger partial charge in [0.1, 0.15) is 0 Å². The van der Waals surface area contributed by atoms with Gasteiger partial charge < -0.3 is 5.32 Å². The maximum absolute atomic E-state index is 11.6. The molecule has 19 heavy (non-hydrogen) atoms. The Labute approximate surface area is 117 Å². The molecule has 0 atom stereocenters. The van der Waals surface area contributed by atoms with E-state index in [4.69, 9.17) is 11.6 Å². The fraction of sp³-hybridized carbons (Fsp3) is 0.308. The van der Waals surface area contributed by atoms with E-state index in [-0.39, 0.29) is 0 Å². The van der Waals surface area contributed by atoms with Gasteiger partial charge in [0, 0.05) is 16.4 Å². The molecule has 0 saturated heterocycles. The average Bonchev–Trinajstić information content (AvgIpc) is 2.39. The van der Waals surface area contributed by atoms with Gasteiger partial charge in [-0.1, -0.05) is 31.5 Å². The zero-order valence-corrected chi connectivity index (χ0v) is 11.6. The van der Waals surface area contributed by atoms with Crippen LogP contribution in [0.25, 0.3) is 0 Å². The van der Waals surface area contributed by atoms with Crippen LogP contribution in [0.15, 0.2) is 29.4 Å². The van der Waals surface area contributed by atoms with E-state index < -0.39 is 11.8 Å². The van der Waals surface area contributed by atoms with E-state index >= 15 is 0 Å². The zero-order valence-electron chi connectivity index (χ0n) is 10.9. The van der Waals surface area contributed by atoms with E-state index in [1.54, 1.807) is 24.3 Å². The second kappa shape index (κ2) is 7.53. The summed E-state index contributed by atoms with van der Waals surface area (Å²) in [6, 6.07) is 6.56. The normalized spacial score (nSPS) is 9.63. The molecule has 0 heterocycles. The molecule has 0 aliphatic carbocycles. The summed E-state index contributed by atoms with van der Waals surface area (Å²) in [6.07, 6.45) is 1.46. The summed E-state index contributed by atoms with van der Waals surface area (Å²) in [5, 5.41) is 6.79. The van der Waals surface area contributed by atoms with Crippen LogP contribution in [0.1, 0.15) is 26.7 Å². The van der Waals surface area contributed by atoms with Gasteiger partial charge in [-0.25, -0.2) is 5.43 Å². The molecule has 5 nitrogen and oxygen atoms in total. The van der Waals surface area contributed by atoms with Crippen molar-refractivity contribution in [2.45, 2.75) is 26.7 Å². The number of hydrazone groups is 1. The van der Waals surface area contributed by atoms with Crippen LogP contribution < -0.4 is 10.7 Å². The van der Waals surface area contributed by atoms with E-state index in [0.717, 1.165) is 18.6 Å². The number of nitrogens with one attached hydrogen (secondary N) is 2. The smallest absolute Gasteiger partial charge is 0.318 e. The largest absolute Gasteiger partial charge is 0.329 e. The summed E-state index contributed by atoms with van der Waals surface area (Å²) in [5.41, 5.74) is 3.51. The zero-order chi connectivity index (χ0) is 14.3. The first-order valence-corrected chi connectivity index (χ1v) is 6.37. The molecule has 2 amide bonds. The highest BCUT2D eigenvalue weighted by Crippen LogP contribution is 2.14. The van der Waals surface area contributed by atoms with Crippen molar-refractivity contribution in [1.29, 1.82) is 0 Å². The summed E-state index contributed by atoms with van der Waals surface area (Å²) in [6.45, 7) is 3.86. The van der Waals surface area contributed by atoms with Crippen molar-refractivity contribution in [2.75, 3.05) is 5.32 Å². The molecule has 0 saturated carbocycles. The number of carbonyl (C=O) groups is 2. The summed E-state index contributed by atoms with van der Waals surface area (Å²) in [4.78, 5) is 23.1. The van der Waals surface area contributed by atoms with Crippen LogP contribution in [0, 0.1) is 0 Å². The van der Waals surface area contributed by atoms with E-state index in [1.807, 2.05) is 13.8 Å². The number of halogens is 1. The SMILES string of the molecule is CCC(CC)=NNC(=O)C(=O)Nc1cccc(Cl)c1. The van der Waals surface area contributed by atoms with Crippen molar-refractivity contribution in [1.82, 2.24) is 5.43 Å². The van der Waals surface area contributed by atoms with E-state index in [9.17, 15) is 9.59 Å². The molecule has 1 aromatic carbocycles. The Morgan fingerprint density at radius 1 is 1.21 bits per heavy atom. The van der Waals surface area contributed by atoms with Crippen LogP contribution in [-0.2, 0) is 9.59 Å². The molecule has 0 radical (unpaired) electrons. The third kappa shape index (κ3) is 5.09. The highest BCUT2D eigenvalue weighted by Gasteiger charge is 2.13. The maximum atomic E-state index is 11.6. The van der Waals surface area contributed by atoms with E-state index in [1.165, 1.54) is 0 Å². The molecule has 6 heteroatoms. The lowest BCUT2D eigenvalue weighted by Crippen LogP contribution is -2.33. The molecule has 0 aromatic heterocycles. The summed E-state index contributed by atoms with van der Waals surface area (Å²) in [5.74, 6) is -1.59. The lowest BCUT2D eigenvalue weighted by atomic mass is 10.2. The fourth-order valence-electron chi connectivity index (χ4n) is 1.34. The highest BCUT2D eigenvalue weighted by molar-refractivity contribution is 6.39. The molecule has 0 bridgehead atoms. The number of amides is 2. The van der Waals surface area contributed by atoms with Gasteiger partial charge >= 0.3 is 11.8 Å². The number of anilines is 1. The topological polar surface area (TPSA) is 70.6 Å². The average molecular weight is 282 g/mol. The minimum absolute atomic E-state index is 0.461. The Morgan fingerprint density at radius 2 is 1.89 bits per heavy atom. The van der Waals surface area contributed by atoms with Gasteiger partial charge in [-0.05, 0) is 31.0 Å². The first-order chi connectivity index (χ1) is 9.06. The quantitative estimate of drug-likeness (QED) is 0.506. The van der Waals surface area contributed by atoms with Crippen LogP contribution in [0.2, 0.25) is 5.02 Å². The second-order valence-electron chi connectivity index (χ2n) is 3.79. The van der Waals surface area contributed by atoms with Crippen LogP contribution in [0.3, 0.4) is 0 Å². The third-order valence-corrected chi connectivity index (χ3v) is 2.66. The molecular weight excluding hydrogens is 266 g/mol. The molecule has 0 aliphatic rings. The standard InChI is InChI=1S/C13H16ClN3O2/c1-3-10(4-2)16-17-13(19)12(18)15-11-7-5-6-9(14)8-11/h5-8H,3-4H2,1-2H3,(H,15,18)(H,17,19). The number of carbonyl (C=O) groups excluding carboxylic acids is 2. The van der Waals surface area contributed by atoms with Crippen molar-refractivity contribution in [3.8, 4) is 0 Å². The molecule has 0 aliphatic heterocycles. The second-order valence-corrected chi connectivity index (χ2v) is 4.23. The first kappa shape index (κ1) is 15.2. The van der Waals surface area contributed by atoms with Crippen molar-refractivity contribution < 1.29 is 9.59 Å². The van der Waals surface area contributed by atoms with Gasteiger partial charge in [-0.3, -0.25) is 9.59 Å². The molecule has 1 aromatic rings. The first-order valence-electron chi connectivity index (χ1n) is 5.99. The van der Waals surface area contributed by atoms with Crippen LogP contribution in [0.4, 0.5) is 5.69 Å². The van der Waals surface area contributed by atoms with Gasteiger partial charge in [0.15, 0.2) is 0 Å². The van der Waals surface area contributed by atoms with Crippen molar-refractivity contribution in [3.63, 3.8) is 0 Å². The van der Waals surface area contributed by atoms with Crippen molar-refractivity contribution in [2.24, 2.45) is 5.10 Å². The predicted octanol–water partition coefficient (Wildman–Crippen LogP) is 2.57. The number of nitrogens with zero attached hydrogens (tertiary/aromatic N) is 1. The Kier molecular flexibility index (Phi) is 6.02. The predicted molar refractivity (Wildman–Crippen MR) is 76.2 cm³/mol. The summed E-state index contributed by atoms with van der Waals surface area (Å²) < 4.78 is 0. The van der Waals surface area contributed by atoms with Gasteiger partial charge in [0.05, 0.1) is 0 Å². The van der Waals surface area contributed by atoms with Gasteiger partial charge in [0.25, 0.3) is 0 Å². The number of rotatable bonds is 4. The van der Waals surface area contributed by atoms with E-state index in [0.29, 0.717) is 10.7 Å². The van der Waals surface area contributed by atoms with Crippen LogP contribution in [-0.4, -0.2) is 17.5 Å². The number of benzene rings is 1. The summed E-state index contributed by atoms with van der Waals surface area (Å²) in [7, 11) is 0. The number of hydrogen-bond donors (Lipinski definition) is 2. The lowest BCUT2D eigenvalue weighted by molar-refractivity contribution is -0.136.